The van der Waals surface area contributed by atoms with Gasteiger partial charge in [0.15, 0.2) is 5.41 Å². The molecule has 4 nitrogen and oxygen atoms in total. The molecule has 1 aliphatic rings. The molecule has 0 spiro atoms. The second-order valence-corrected chi connectivity index (χ2v) is 10.4. The predicted molar refractivity (Wildman–Crippen MR) is 158 cm³/mol. The monoisotopic (exact) mass is 528 g/mol. The summed E-state index contributed by atoms with van der Waals surface area (Å²) >= 11 is 0. The zero-order chi connectivity index (χ0) is 28.0. The van der Waals surface area contributed by atoms with Gasteiger partial charge in [0.1, 0.15) is 0 Å². The quantitative estimate of drug-likeness (QED) is 0.173. The van der Waals surface area contributed by atoms with Crippen molar-refractivity contribution in [3.8, 4) is 0 Å². The minimum Gasteiger partial charge on any atom is -0.422 e. The van der Waals surface area contributed by atoms with Crippen molar-refractivity contribution in [2.45, 2.75) is 31.5 Å². The molecule has 4 aromatic rings. The van der Waals surface area contributed by atoms with Gasteiger partial charge in [-0.3, -0.25) is 9.59 Å². The van der Waals surface area contributed by atoms with Crippen LogP contribution in [0, 0.1) is 5.41 Å². The normalized spacial score (nSPS) is 17.8. The van der Waals surface area contributed by atoms with Crippen molar-refractivity contribution in [2.24, 2.45) is 5.41 Å². The van der Waals surface area contributed by atoms with E-state index >= 15 is 0 Å². The van der Waals surface area contributed by atoms with Gasteiger partial charge >= 0.3 is 11.9 Å². The highest BCUT2D eigenvalue weighted by atomic mass is 16.7. The average molecular weight is 529 g/mol. The number of cyclic esters (lactones) is 2. The molecule has 1 fully saturated rings. The Labute approximate surface area is 235 Å². The lowest BCUT2D eigenvalue weighted by Crippen LogP contribution is -2.58. The molecule has 4 heteroatoms. The van der Waals surface area contributed by atoms with Crippen LogP contribution in [0.5, 0.6) is 0 Å². The molecule has 40 heavy (non-hydrogen) atoms. The smallest absolute Gasteiger partial charge is 0.328 e. The summed E-state index contributed by atoms with van der Waals surface area (Å²) in [5.41, 5.74) is 1.77. The van der Waals surface area contributed by atoms with Gasteiger partial charge in [0.2, 0.25) is 0 Å². The van der Waals surface area contributed by atoms with Gasteiger partial charge in [-0.25, -0.2) is 0 Å². The standard InChI is InChI=1S/C36H32O4/c1-35(2)39-33(37)36(34(38)40-35,31(29-19-11-5-12-20-29)25-23-27-15-7-3-8-16-27)32(30-21-13-6-14-22-30)26-24-28-17-9-4-10-18-28/h3-26,31-32H,1-2H3/b25-23+,26-24+. The van der Waals surface area contributed by atoms with E-state index in [1.807, 2.05) is 146 Å². The van der Waals surface area contributed by atoms with Crippen LogP contribution in [0.15, 0.2) is 133 Å². The maximum Gasteiger partial charge on any atom is 0.328 e. The lowest BCUT2D eigenvalue weighted by Gasteiger charge is -2.46. The summed E-state index contributed by atoms with van der Waals surface area (Å²) < 4.78 is 11.8. The zero-order valence-corrected chi connectivity index (χ0v) is 22.6. The first kappa shape index (κ1) is 26.9. The summed E-state index contributed by atoms with van der Waals surface area (Å²) in [5.74, 6) is -4.02. The minimum atomic E-state index is -1.74. The molecule has 0 aliphatic carbocycles. The number of esters is 2. The Morgan fingerprint density at radius 1 is 0.525 bits per heavy atom. The van der Waals surface area contributed by atoms with Crippen molar-refractivity contribution in [3.05, 3.63) is 156 Å². The van der Waals surface area contributed by atoms with Crippen LogP contribution in [-0.2, 0) is 19.1 Å². The van der Waals surface area contributed by atoms with Crippen LogP contribution in [0.1, 0.15) is 47.9 Å². The Balaban J connectivity index is 1.77. The van der Waals surface area contributed by atoms with Crippen molar-refractivity contribution in [2.75, 3.05) is 0 Å². The molecule has 0 saturated carbocycles. The number of carbonyl (C=O) groups excluding carboxylic acids is 2. The highest BCUT2D eigenvalue weighted by Crippen LogP contribution is 2.54. The Hall–Kier alpha value is -4.70. The van der Waals surface area contributed by atoms with Gasteiger partial charge < -0.3 is 9.47 Å². The van der Waals surface area contributed by atoms with Gasteiger partial charge in [0.25, 0.3) is 5.79 Å². The number of hydrogen-bond acceptors (Lipinski definition) is 4. The van der Waals surface area contributed by atoms with Crippen LogP contribution in [0.2, 0.25) is 0 Å². The molecule has 5 rings (SSSR count). The van der Waals surface area contributed by atoms with E-state index in [2.05, 4.69) is 0 Å². The van der Waals surface area contributed by atoms with Gasteiger partial charge in [-0.05, 0) is 22.3 Å². The third kappa shape index (κ3) is 5.52. The van der Waals surface area contributed by atoms with Crippen molar-refractivity contribution >= 4 is 24.1 Å². The fourth-order valence-electron chi connectivity index (χ4n) is 5.34. The molecule has 200 valence electrons. The number of rotatable bonds is 8. The first-order valence-electron chi connectivity index (χ1n) is 13.4. The molecular weight excluding hydrogens is 496 g/mol. The van der Waals surface area contributed by atoms with E-state index in [0.717, 1.165) is 22.3 Å². The van der Waals surface area contributed by atoms with Crippen molar-refractivity contribution in [1.82, 2.24) is 0 Å². The maximum absolute atomic E-state index is 14.4. The van der Waals surface area contributed by atoms with Crippen LogP contribution >= 0.6 is 0 Å². The topological polar surface area (TPSA) is 52.6 Å². The van der Waals surface area contributed by atoms with E-state index < -0.39 is 35.0 Å². The summed E-state index contributed by atoms with van der Waals surface area (Å²) in [5, 5.41) is 0. The minimum absolute atomic E-state index is 0.619. The second-order valence-electron chi connectivity index (χ2n) is 10.4. The van der Waals surface area contributed by atoms with Crippen LogP contribution in [0.25, 0.3) is 12.2 Å². The average Bonchev–Trinajstić information content (AvgIpc) is 2.97. The maximum atomic E-state index is 14.4. The van der Waals surface area contributed by atoms with Crippen LogP contribution in [-0.4, -0.2) is 17.7 Å². The van der Waals surface area contributed by atoms with E-state index in [0.29, 0.717) is 0 Å². The van der Waals surface area contributed by atoms with Crippen molar-refractivity contribution < 1.29 is 19.1 Å². The third-order valence-corrected chi connectivity index (χ3v) is 7.21. The van der Waals surface area contributed by atoms with Gasteiger partial charge in [-0.2, -0.15) is 0 Å². The van der Waals surface area contributed by atoms with E-state index in [4.69, 9.17) is 9.47 Å². The Kier molecular flexibility index (Phi) is 7.79. The molecule has 2 atom stereocenters. The van der Waals surface area contributed by atoms with E-state index in [-0.39, 0.29) is 0 Å². The summed E-state index contributed by atoms with van der Waals surface area (Å²) in [4.78, 5) is 28.8. The Bertz CT molecular complexity index is 1370. The first-order valence-corrected chi connectivity index (χ1v) is 13.4. The van der Waals surface area contributed by atoms with Gasteiger partial charge in [-0.15, -0.1) is 0 Å². The molecular formula is C36H32O4. The lowest BCUT2D eigenvalue weighted by molar-refractivity contribution is -0.253. The number of ether oxygens (including phenoxy) is 2. The third-order valence-electron chi connectivity index (χ3n) is 7.21. The molecule has 1 aliphatic heterocycles. The first-order chi connectivity index (χ1) is 19.4. The van der Waals surface area contributed by atoms with Gasteiger partial charge in [0.05, 0.1) is 0 Å². The second kappa shape index (κ2) is 11.6. The fraction of sp³-hybridized carbons (Fsp3) is 0.167. The highest BCUT2D eigenvalue weighted by molar-refractivity contribution is 6.05. The molecule has 0 aromatic heterocycles. The molecule has 1 saturated heterocycles. The largest absolute Gasteiger partial charge is 0.422 e. The zero-order valence-electron chi connectivity index (χ0n) is 22.6. The molecule has 1 heterocycles. The SMILES string of the molecule is CC1(C)OC(=O)C(C(/C=C/c2ccccc2)c2ccccc2)(C(/C=C/c2ccccc2)c2ccccc2)C(=O)O1. The number of hydrogen-bond donors (Lipinski definition) is 0. The molecule has 0 amide bonds. The summed E-state index contributed by atoms with van der Waals surface area (Å²) in [7, 11) is 0. The summed E-state index contributed by atoms with van der Waals surface area (Å²) in [6.45, 7) is 3.17. The van der Waals surface area contributed by atoms with Gasteiger partial charge in [0, 0.05) is 25.7 Å². The van der Waals surface area contributed by atoms with Crippen molar-refractivity contribution in [3.63, 3.8) is 0 Å². The molecule has 0 radical (unpaired) electrons. The molecule has 2 unspecified atom stereocenters. The molecule has 0 N–H and O–H groups in total. The number of benzene rings is 4. The number of allylic oxidation sites excluding steroid dienone is 2. The number of carbonyl (C=O) groups is 2. The van der Waals surface area contributed by atoms with Crippen LogP contribution < -0.4 is 0 Å². The van der Waals surface area contributed by atoms with Gasteiger partial charge in [-0.1, -0.05) is 146 Å². The summed E-state index contributed by atoms with van der Waals surface area (Å²) in [6.07, 6.45) is 7.75. The summed E-state index contributed by atoms with van der Waals surface area (Å²) in [6, 6.07) is 38.8. The highest BCUT2D eigenvalue weighted by Gasteiger charge is 2.64. The molecule has 4 aromatic carbocycles. The Morgan fingerprint density at radius 3 is 1.20 bits per heavy atom. The van der Waals surface area contributed by atoms with E-state index in [9.17, 15) is 9.59 Å². The van der Waals surface area contributed by atoms with E-state index in [1.54, 1.807) is 13.8 Å². The van der Waals surface area contributed by atoms with Crippen molar-refractivity contribution in [1.29, 1.82) is 0 Å². The van der Waals surface area contributed by atoms with Crippen LogP contribution in [0.4, 0.5) is 0 Å². The van der Waals surface area contributed by atoms with E-state index in [1.165, 1.54) is 0 Å². The predicted octanol–water partition coefficient (Wildman–Crippen LogP) is 7.80. The fourth-order valence-corrected chi connectivity index (χ4v) is 5.34. The Morgan fingerprint density at radius 2 is 0.850 bits per heavy atom. The lowest BCUT2D eigenvalue weighted by atomic mass is 9.61. The van der Waals surface area contributed by atoms with Crippen LogP contribution in [0.3, 0.4) is 0 Å². The molecule has 0 bridgehead atoms.